The molecule has 6 amide bonds. The summed E-state index contributed by atoms with van der Waals surface area (Å²) < 4.78 is 49.4. The van der Waals surface area contributed by atoms with Gasteiger partial charge in [-0.1, -0.05) is 244 Å². The maximum Gasteiger partial charge on any atom is 0.416 e. The molecule has 14 rings (SSSR count). The van der Waals surface area contributed by atoms with E-state index in [1.165, 1.54) is 72.8 Å². The van der Waals surface area contributed by atoms with Crippen molar-refractivity contribution in [2.75, 3.05) is 31.9 Å². The maximum absolute atomic E-state index is 12.7. The molecule has 0 aliphatic heterocycles. The molecule has 0 saturated carbocycles. The predicted molar refractivity (Wildman–Crippen MR) is 638 cm³/mol. The van der Waals surface area contributed by atoms with Crippen LogP contribution in [-0.2, 0) is 6.18 Å². The molecule has 14 aromatic carbocycles. The number of nitrogens with zero attached hydrogens (tertiary/aromatic N) is 2. The molecule has 14 aromatic rings. The monoisotopic (exact) mass is 2990 g/mol. The largest absolute Gasteiger partial charge is 0.507 e. The van der Waals surface area contributed by atoms with Crippen LogP contribution in [0.4, 0.5) is 53.0 Å². The highest BCUT2D eigenvalue weighted by Gasteiger charge is 2.32. The summed E-state index contributed by atoms with van der Waals surface area (Å²) in [6.07, 6.45) is -4.50. The van der Waals surface area contributed by atoms with Crippen LogP contribution in [0, 0.1) is 42.6 Å². The number of carbonyl (C=O) groups is 6. The van der Waals surface area contributed by atoms with Gasteiger partial charge in [0.1, 0.15) is 51.6 Å². The van der Waals surface area contributed by atoms with E-state index in [1.54, 1.807) is 127 Å². The molecule has 0 heterocycles. The summed E-state index contributed by atoms with van der Waals surface area (Å²) in [5.41, 5.74) is 3.00. The fourth-order valence-electron chi connectivity index (χ4n) is 11.6. The Hall–Kier alpha value is -8.51. The number of amides is 6. The van der Waals surface area contributed by atoms with Crippen molar-refractivity contribution in [2.24, 2.45) is 0 Å². The van der Waals surface area contributed by atoms with Crippen molar-refractivity contribution in [3.8, 4) is 57.8 Å². The molecule has 776 valence electrons. The number of nitro groups is 1. The Balaban J connectivity index is 0.000000452. The number of nitrogens with one attached hydrogen (secondary N) is 6. The number of phenolic OH excluding ortho intramolecular Hbond substituents is 7. The number of nitro benzene ring substituents is 1. The summed E-state index contributed by atoms with van der Waals surface area (Å²) in [5.74, 6) is -4.64. The summed E-state index contributed by atoms with van der Waals surface area (Å²) in [6.45, 7) is 1.82. The zero-order valence-electron chi connectivity index (χ0n) is 69.9. The summed E-state index contributed by atoms with van der Waals surface area (Å²) in [6, 6.07) is 60.3. The lowest BCUT2D eigenvalue weighted by Gasteiger charge is -2.16. The average Bonchev–Trinajstić information content (AvgIpc) is 0.794. The van der Waals surface area contributed by atoms with Crippen LogP contribution < -0.4 is 36.6 Å². The van der Waals surface area contributed by atoms with Gasteiger partial charge in [-0.2, -0.15) is 18.4 Å². The predicted octanol–water partition coefficient (Wildman–Crippen LogP) is 37.5. The summed E-state index contributed by atoms with van der Waals surface area (Å²) in [4.78, 5) is 83.8. The first-order valence-corrected chi connectivity index (χ1v) is 50.9. The molecule has 0 fully saturated rings. The molecule has 0 aromatic heterocycles. The average molecular weight is 3000 g/mol. The van der Waals surface area contributed by atoms with Gasteiger partial charge in [-0.15, -0.1) is 0 Å². The van der Waals surface area contributed by atoms with E-state index in [4.69, 9.17) is 132 Å². The van der Waals surface area contributed by atoms with E-state index in [1.807, 2.05) is 64.2 Å². The van der Waals surface area contributed by atoms with Crippen LogP contribution >= 0.6 is 298 Å². The normalized spacial score (nSPS) is 10.4. The van der Waals surface area contributed by atoms with Gasteiger partial charge in [-0.3, -0.25) is 38.9 Å². The van der Waals surface area contributed by atoms with Gasteiger partial charge in [-0.25, -0.2) is 0 Å². The first-order chi connectivity index (χ1) is 66.3. The second kappa shape index (κ2) is 60.7. The van der Waals surface area contributed by atoms with E-state index in [0.717, 1.165) is 40.9 Å². The smallest absolute Gasteiger partial charge is 0.416 e. The molecule has 1 atom stereocenters. The minimum absolute atomic E-state index is 0. The van der Waals surface area contributed by atoms with Crippen molar-refractivity contribution in [3.63, 3.8) is 0 Å². The van der Waals surface area contributed by atoms with Gasteiger partial charge >= 0.3 is 6.18 Å². The number of nitriles is 1. The van der Waals surface area contributed by atoms with Crippen LogP contribution in [0.5, 0.6) is 51.7 Å². The van der Waals surface area contributed by atoms with Gasteiger partial charge in [-0.05, 0) is 340 Å². The van der Waals surface area contributed by atoms with E-state index < -0.39 is 57.9 Å². The lowest BCUT2D eigenvalue weighted by atomic mass is 9.91. The molecule has 1 unspecified atom stereocenters. The number of rotatable bonds is 17. The molecule has 13 N–H and O–H groups in total. The highest BCUT2D eigenvalue weighted by molar-refractivity contribution is 14.1. The van der Waals surface area contributed by atoms with Gasteiger partial charge in [0, 0.05) is 80.6 Å². The van der Waals surface area contributed by atoms with Gasteiger partial charge in [0.2, 0.25) is 0 Å². The lowest BCUT2D eigenvalue weighted by molar-refractivity contribution is -0.384. The lowest BCUT2D eigenvalue weighted by Crippen LogP contribution is -2.14. The SMILES string of the molecule is C.C.C.C.C.C.Cc1cc(C(C#N)c2ccc(Cl)cc2)c(Cl)cc1NC(=O)c1cc(I)cc(I)c1O.O=C(Nc1cc(Cl)cc(Cl)c1O)c1c(O)c(Cl)cc(Cl)c1Cl.O=C(Nc1ccc(Br)cc1)c1cc(Br)cc(Br)c1O.O=C(Nc1ccc(Oc2ccc(Cl)cc2)c(Cl)c1)c1cc(I)cc(I)c1O.O=C(Nc1ccc([N+](=O)[O-])cc1Cl)c1cc(Cl)ccc1O.O=C(Nc1cccc(C(F)(F)F)c1)c1cc(Br)cc(Br)c1O. The van der Waals surface area contributed by atoms with Crippen LogP contribution in [0.3, 0.4) is 0 Å². The third-order valence-electron chi connectivity index (χ3n) is 18.4. The number of phenols is 7. The minimum Gasteiger partial charge on any atom is -0.507 e. The molecule has 147 heavy (non-hydrogen) atoms. The Bertz CT molecular complexity index is 7230. The van der Waals surface area contributed by atoms with E-state index in [0.29, 0.717) is 74.8 Å². The number of aryl methyl sites for hydroxylation is 1. The molecule has 0 bridgehead atoms. The molecule has 47 heteroatoms. The summed E-state index contributed by atoms with van der Waals surface area (Å²) in [5, 5.41) is 107. The van der Waals surface area contributed by atoms with Crippen LogP contribution in [0.1, 0.15) is 135 Å². The van der Waals surface area contributed by atoms with Crippen LogP contribution in [0.15, 0.2) is 253 Å². The van der Waals surface area contributed by atoms with Crippen molar-refractivity contribution >= 4 is 373 Å². The van der Waals surface area contributed by atoms with Crippen LogP contribution in [0.25, 0.3) is 0 Å². The number of anilines is 6. The third kappa shape index (κ3) is 37.8. The zero-order chi connectivity index (χ0) is 104. The Morgan fingerprint density at radius 2 is 0.864 bits per heavy atom. The molecule has 0 spiro atoms. The van der Waals surface area contributed by atoms with Crippen molar-refractivity contribution in [1.82, 2.24) is 0 Å². The second-order valence-electron chi connectivity index (χ2n) is 28.2. The maximum atomic E-state index is 12.7. The fourth-order valence-corrected chi connectivity index (χ4v) is 20.3. The summed E-state index contributed by atoms with van der Waals surface area (Å²) >= 11 is 89.4. The molecular weight excluding hydrogens is 2920 g/mol. The zero-order valence-corrected chi connectivity index (χ0v) is 94.8. The molecule has 0 aliphatic carbocycles. The number of alkyl halides is 3. The number of carbonyl (C=O) groups excluding carboxylic acids is 6. The first-order valence-electron chi connectivity index (χ1n) is 38.5. The minimum atomic E-state index is -4.50. The quantitative estimate of drug-likeness (QED) is 0.0132. The second-order valence-corrected chi connectivity index (χ2v) is 42.0. The number of aromatic hydroxyl groups is 7. The number of hydrogen-bond donors (Lipinski definition) is 13. The highest BCUT2D eigenvalue weighted by Crippen LogP contribution is 2.45. The third-order valence-corrected chi connectivity index (χ3v) is 27.2. The van der Waals surface area contributed by atoms with Crippen molar-refractivity contribution < 1.29 is 87.3 Å². The van der Waals surface area contributed by atoms with E-state index in [9.17, 15) is 93.1 Å². The van der Waals surface area contributed by atoms with E-state index in [-0.39, 0.29) is 181 Å². The first kappa shape index (κ1) is 133. The topological polar surface area (TPSA) is 392 Å². The Kier molecular flexibility index (Phi) is 54.7. The number of hydrogen-bond acceptors (Lipinski definition) is 17. The standard InChI is InChI=1S/C22H14Cl2I2N2O2.C19H11Cl2I2NO3.C14H8Br2F3NO2.C13H8Br3NO2.C13H6Cl5NO3.C13H8Cl2N2O4.6CH4/c1-11-6-15(17(10-27)12-2-4-13(23)5-3-12)18(24)9-20(11)28-22(30)16-7-14(25)8-19(26)21(16)29;20-10-1-4-13(5-2-10)27-17-6-3-12(9-15(17)21)24-19(26)14-7-11(22)8-16(23)18(14)25;15-8-5-10(12(21)11(16)6-8)13(22)20-9-3-1-2-7(4-9)14(17,18)19;14-7-1-3-9(4-2-7)17-13(19)10-5-8(15)6-11(16)12(10)18;14-4-1-6(16)11(20)8(2-4)19-13(22)9-10(18)5(15)3-7(17)12(9)21;14-7-1-4-12(18)9(5-7)13(19)16-11-3-2-8(17(20)21)6-10(11)15;;;;;;/h2-9,17,29H,1H3,(H,28,30);1-9,25H,(H,24,26);1-6,21H,(H,20,22);1-6,18H,(H,17,19);1-3,20-21H,(H,19,22);1-6,18H,(H,16,19);6*1H4. The Labute approximate surface area is 994 Å². The fraction of sp³-hybridized carbons (Fsp3) is 0.0900. The van der Waals surface area contributed by atoms with Crippen LogP contribution in [0.2, 0.25) is 55.2 Å². The Morgan fingerprint density at radius 1 is 0.401 bits per heavy atom. The highest BCUT2D eigenvalue weighted by atomic mass is 127. The number of halogens is 23. The van der Waals surface area contributed by atoms with E-state index in [2.05, 4.69) is 163 Å². The van der Waals surface area contributed by atoms with Gasteiger partial charge < -0.3 is 72.4 Å². The molecule has 0 aliphatic rings. The Morgan fingerprint density at radius 3 is 1.37 bits per heavy atom. The van der Waals surface area contributed by atoms with Crippen molar-refractivity contribution in [2.45, 2.75) is 63.6 Å². The number of ether oxygens (including phenoxy) is 1. The van der Waals surface area contributed by atoms with Gasteiger partial charge in [0.25, 0.3) is 41.1 Å². The van der Waals surface area contributed by atoms with Crippen molar-refractivity contribution in [1.29, 1.82) is 5.26 Å². The van der Waals surface area contributed by atoms with Crippen molar-refractivity contribution in [3.05, 3.63) is 388 Å². The van der Waals surface area contributed by atoms with E-state index >= 15 is 0 Å². The molecule has 0 saturated heterocycles. The van der Waals surface area contributed by atoms with Gasteiger partial charge in [0.05, 0.1) is 108 Å². The van der Waals surface area contributed by atoms with Crippen LogP contribution in [-0.4, -0.2) is 76.1 Å². The molecule has 0 radical (unpaired) electrons. The summed E-state index contributed by atoms with van der Waals surface area (Å²) in [7, 11) is 0. The van der Waals surface area contributed by atoms with Gasteiger partial charge in [0.15, 0.2) is 5.75 Å². The number of non-ortho nitro benzene ring substituents is 1. The number of benzene rings is 14. The molecular formula is C100H79Br5Cl11F3I4N8O16. The molecule has 24 nitrogen and oxygen atoms in total.